The van der Waals surface area contributed by atoms with E-state index in [1.54, 1.807) is 12.1 Å². The first-order valence-corrected chi connectivity index (χ1v) is 12.6. The van der Waals surface area contributed by atoms with Crippen LogP contribution in [0.1, 0.15) is 23.2 Å². The van der Waals surface area contributed by atoms with Crippen molar-refractivity contribution < 1.29 is 13.2 Å². The van der Waals surface area contributed by atoms with Crippen molar-refractivity contribution in [3.63, 3.8) is 0 Å². The third-order valence-electron chi connectivity index (χ3n) is 4.77. The molecule has 29 heavy (non-hydrogen) atoms. The Morgan fingerprint density at radius 3 is 2.41 bits per heavy atom. The van der Waals surface area contributed by atoms with E-state index in [9.17, 15) is 13.2 Å². The number of halogens is 1. The number of Topliss-reactive ketones (excluding diaryl/α,β-unsaturated/α-hetero) is 1. The highest BCUT2D eigenvalue weighted by Crippen LogP contribution is 2.22. The van der Waals surface area contributed by atoms with Crippen LogP contribution in [0.2, 0.25) is 0 Å². The predicted octanol–water partition coefficient (Wildman–Crippen LogP) is 3.54. The smallest absolute Gasteiger partial charge is 0.244 e. The molecular weight excluding hydrogens is 474 g/mol. The molecular formula is C20H24BrN3O3S2. The van der Waals surface area contributed by atoms with Crippen LogP contribution >= 0.6 is 27.7 Å². The van der Waals surface area contributed by atoms with Gasteiger partial charge < -0.3 is 4.90 Å². The van der Waals surface area contributed by atoms with Crippen LogP contribution in [0.15, 0.2) is 57.0 Å². The van der Waals surface area contributed by atoms with Gasteiger partial charge in [-0.15, -0.1) is 11.8 Å². The number of hydrogen-bond donors (Lipinski definition) is 0. The fourth-order valence-electron chi connectivity index (χ4n) is 2.97. The first-order valence-electron chi connectivity index (χ1n) is 9.42. The summed E-state index contributed by atoms with van der Waals surface area (Å²) in [5.74, 6) is 0.875. The lowest BCUT2D eigenvalue weighted by Gasteiger charge is -2.31. The van der Waals surface area contributed by atoms with Crippen molar-refractivity contribution in [2.45, 2.75) is 22.8 Å². The zero-order valence-electron chi connectivity index (χ0n) is 16.3. The Labute approximate surface area is 184 Å². The zero-order chi connectivity index (χ0) is 20.9. The van der Waals surface area contributed by atoms with Gasteiger partial charge in [0.2, 0.25) is 10.0 Å². The molecule has 0 N–H and O–H groups in total. The van der Waals surface area contributed by atoms with Gasteiger partial charge in [0.25, 0.3) is 0 Å². The van der Waals surface area contributed by atoms with Crippen molar-refractivity contribution in [2.75, 3.05) is 39.0 Å². The summed E-state index contributed by atoms with van der Waals surface area (Å²) in [5, 5.41) is 0.762. The molecule has 2 aromatic rings. The summed E-state index contributed by atoms with van der Waals surface area (Å²) < 4.78 is 27.9. The van der Waals surface area contributed by atoms with E-state index in [2.05, 4.69) is 25.8 Å². The summed E-state index contributed by atoms with van der Waals surface area (Å²) in [5.41, 5.74) is 0.717. The van der Waals surface area contributed by atoms with Crippen LogP contribution in [-0.2, 0) is 10.0 Å². The molecule has 0 saturated carbocycles. The highest BCUT2D eigenvalue weighted by atomic mass is 79.9. The molecule has 2 heterocycles. The summed E-state index contributed by atoms with van der Waals surface area (Å²) in [7, 11) is -1.50. The highest BCUT2D eigenvalue weighted by molar-refractivity contribution is 9.10. The maximum Gasteiger partial charge on any atom is 0.244 e. The predicted molar refractivity (Wildman–Crippen MR) is 119 cm³/mol. The van der Waals surface area contributed by atoms with Gasteiger partial charge in [-0.2, -0.15) is 4.31 Å². The van der Waals surface area contributed by atoms with Gasteiger partial charge in [-0.05, 0) is 43.5 Å². The van der Waals surface area contributed by atoms with E-state index in [1.807, 2.05) is 31.3 Å². The Morgan fingerprint density at radius 1 is 1.10 bits per heavy atom. The molecule has 0 radical (unpaired) electrons. The Kier molecular flexibility index (Phi) is 7.86. The molecule has 0 bridgehead atoms. The van der Waals surface area contributed by atoms with Crippen molar-refractivity contribution in [3.8, 4) is 0 Å². The standard InChI is InChI=1S/C20H24BrN3O3S2/c1-23-10-12-24(13-11-23)29(26,27)18-8-9-20(22-15-18)28-14-2-3-19(25)16-4-6-17(21)7-5-16/h4-9,15H,2-3,10-14H2,1H3. The largest absolute Gasteiger partial charge is 0.304 e. The Morgan fingerprint density at radius 2 is 1.79 bits per heavy atom. The normalized spacial score (nSPS) is 16.1. The van der Waals surface area contributed by atoms with E-state index >= 15 is 0 Å². The lowest BCUT2D eigenvalue weighted by molar-refractivity contribution is 0.0982. The molecule has 3 rings (SSSR count). The van der Waals surface area contributed by atoms with Crippen molar-refractivity contribution in [1.82, 2.24) is 14.2 Å². The third kappa shape index (κ3) is 6.11. The average Bonchev–Trinajstić information content (AvgIpc) is 2.72. The fraction of sp³-hybridized carbons (Fsp3) is 0.400. The molecule has 0 aliphatic carbocycles. The first kappa shape index (κ1) is 22.4. The minimum atomic E-state index is -3.49. The molecule has 1 fully saturated rings. The minimum Gasteiger partial charge on any atom is -0.304 e. The monoisotopic (exact) mass is 497 g/mol. The van der Waals surface area contributed by atoms with Crippen LogP contribution < -0.4 is 0 Å². The van der Waals surface area contributed by atoms with E-state index in [1.165, 1.54) is 22.3 Å². The van der Waals surface area contributed by atoms with Gasteiger partial charge in [0.1, 0.15) is 4.90 Å². The zero-order valence-corrected chi connectivity index (χ0v) is 19.5. The van der Waals surface area contributed by atoms with Gasteiger partial charge in [-0.25, -0.2) is 13.4 Å². The number of sulfonamides is 1. The maximum atomic E-state index is 12.7. The highest BCUT2D eigenvalue weighted by Gasteiger charge is 2.27. The maximum absolute atomic E-state index is 12.7. The Bertz CT molecular complexity index is 926. The van der Waals surface area contributed by atoms with E-state index in [-0.39, 0.29) is 10.7 Å². The molecule has 1 aliphatic rings. The summed E-state index contributed by atoms with van der Waals surface area (Å²) in [4.78, 5) is 18.8. The molecule has 1 aromatic carbocycles. The van der Waals surface area contributed by atoms with Gasteiger partial charge in [-0.1, -0.05) is 28.1 Å². The van der Waals surface area contributed by atoms with E-state index in [4.69, 9.17) is 0 Å². The molecule has 0 unspecified atom stereocenters. The number of rotatable bonds is 8. The lowest BCUT2D eigenvalue weighted by Crippen LogP contribution is -2.47. The van der Waals surface area contributed by atoms with Crippen molar-refractivity contribution in [3.05, 3.63) is 52.6 Å². The van der Waals surface area contributed by atoms with Gasteiger partial charge in [0.15, 0.2) is 5.78 Å². The second-order valence-electron chi connectivity index (χ2n) is 6.92. The number of carbonyl (C=O) groups is 1. The van der Waals surface area contributed by atoms with Gasteiger partial charge in [0, 0.05) is 48.8 Å². The third-order valence-corrected chi connectivity index (χ3v) is 8.21. The number of piperazine rings is 1. The van der Waals surface area contributed by atoms with E-state index in [0.717, 1.165) is 40.3 Å². The topological polar surface area (TPSA) is 70.6 Å². The molecule has 156 valence electrons. The number of likely N-dealkylation sites (N-methyl/N-ethyl adjacent to an activating group) is 1. The molecule has 0 amide bonds. The fourth-order valence-corrected chi connectivity index (χ4v) is 5.39. The SMILES string of the molecule is CN1CCN(S(=O)(=O)c2ccc(SCCCC(=O)c3ccc(Br)cc3)nc2)CC1. The molecule has 1 saturated heterocycles. The van der Waals surface area contributed by atoms with Crippen LogP contribution in [0.4, 0.5) is 0 Å². The Hall–Kier alpha value is -1.26. The number of aromatic nitrogens is 1. The van der Waals surface area contributed by atoms with Crippen LogP contribution in [0.3, 0.4) is 0 Å². The molecule has 6 nitrogen and oxygen atoms in total. The molecule has 9 heteroatoms. The summed E-state index contributed by atoms with van der Waals surface area (Å²) in [6, 6.07) is 10.7. The van der Waals surface area contributed by atoms with Crippen LogP contribution in [-0.4, -0.2) is 67.4 Å². The van der Waals surface area contributed by atoms with Crippen molar-refractivity contribution in [2.24, 2.45) is 0 Å². The van der Waals surface area contributed by atoms with Crippen LogP contribution in [0, 0.1) is 0 Å². The van der Waals surface area contributed by atoms with Gasteiger partial charge >= 0.3 is 0 Å². The number of ketones is 1. The lowest BCUT2D eigenvalue weighted by atomic mass is 10.1. The van der Waals surface area contributed by atoms with Crippen molar-refractivity contribution >= 4 is 43.5 Å². The number of hydrogen-bond acceptors (Lipinski definition) is 6. The quantitative estimate of drug-likeness (QED) is 0.315. The van der Waals surface area contributed by atoms with E-state index < -0.39 is 10.0 Å². The number of carbonyl (C=O) groups excluding carboxylic acids is 1. The molecule has 0 atom stereocenters. The second kappa shape index (κ2) is 10.2. The summed E-state index contributed by atoms with van der Waals surface area (Å²) in [6.45, 7) is 2.47. The number of benzene rings is 1. The van der Waals surface area contributed by atoms with E-state index in [0.29, 0.717) is 19.5 Å². The van der Waals surface area contributed by atoms with Crippen LogP contribution in [0.5, 0.6) is 0 Å². The average molecular weight is 498 g/mol. The number of nitrogens with zero attached hydrogens (tertiary/aromatic N) is 3. The number of pyridine rings is 1. The molecule has 1 aliphatic heterocycles. The summed E-state index contributed by atoms with van der Waals surface area (Å²) >= 11 is 4.89. The second-order valence-corrected chi connectivity index (χ2v) is 10.9. The first-order chi connectivity index (χ1) is 13.9. The molecule has 1 aromatic heterocycles. The number of thioether (sulfide) groups is 1. The van der Waals surface area contributed by atoms with Crippen LogP contribution in [0.25, 0.3) is 0 Å². The minimum absolute atomic E-state index is 0.125. The Balaban J connectivity index is 1.48. The van der Waals surface area contributed by atoms with Crippen molar-refractivity contribution in [1.29, 1.82) is 0 Å². The van der Waals surface area contributed by atoms with Gasteiger partial charge in [-0.3, -0.25) is 4.79 Å². The van der Waals surface area contributed by atoms with Gasteiger partial charge in [0.05, 0.1) is 5.03 Å². The summed E-state index contributed by atoms with van der Waals surface area (Å²) in [6.07, 6.45) is 2.65. The molecule has 0 spiro atoms.